The van der Waals surface area contributed by atoms with Crippen LogP contribution in [0.5, 0.6) is 11.5 Å². The Bertz CT molecular complexity index is 1460. The zero-order valence-electron chi connectivity index (χ0n) is 24.4. The molecule has 4 N–H and O–H groups in total. The van der Waals surface area contributed by atoms with E-state index >= 15 is 0 Å². The van der Waals surface area contributed by atoms with Crippen LogP contribution in [0, 0.1) is 0 Å². The molecule has 3 aromatic rings. The van der Waals surface area contributed by atoms with Crippen LogP contribution in [-0.4, -0.2) is 19.3 Å². The molecule has 4 nitrogen and oxygen atoms in total. The van der Waals surface area contributed by atoms with Gasteiger partial charge in [-0.1, -0.05) is 69.9 Å². The number of nitrogen functional groups attached to an aromatic ring is 1. The first-order valence-corrected chi connectivity index (χ1v) is 15.0. The van der Waals surface area contributed by atoms with Crippen molar-refractivity contribution in [3.05, 3.63) is 112 Å². The van der Waals surface area contributed by atoms with Crippen LogP contribution in [0.1, 0.15) is 74.6 Å². The molecule has 1 atom stereocenters. The summed E-state index contributed by atoms with van der Waals surface area (Å²) in [6.45, 7) is 5.91. The van der Waals surface area contributed by atoms with E-state index in [1.807, 2.05) is 36.4 Å². The quantitative estimate of drug-likeness (QED) is 0.176. The van der Waals surface area contributed by atoms with Gasteiger partial charge in [-0.3, -0.25) is 0 Å². The second-order valence-electron chi connectivity index (χ2n) is 10.9. The first kappa shape index (κ1) is 28.5. The summed E-state index contributed by atoms with van der Waals surface area (Å²) in [5.41, 5.74) is 22.9. The first-order chi connectivity index (χ1) is 20.1. The van der Waals surface area contributed by atoms with Crippen LogP contribution in [0.2, 0.25) is 0 Å². The van der Waals surface area contributed by atoms with Gasteiger partial charge in [0.05, 0.1) is 19.3 Å². The molecular formula is C37H42N2O2. The second-order valence-corrected chi connectivity index (χ2v) is 10.9. The predicted molar refractivity (Wildman–Crippen MR) is 174 cm³/mol. The standard InChI is InChI=1S/C37H42N2O2/c1-3-5-7-19-40-31-14-9-26(10-15-31)21-29-25-34-33-18-13-30(38)23-28(33)24-35(34)36(37(29)39)22-27-11-16-32(17-12-27)41-20-8-6-4-2/h9-18,21-25,37H,3-8,19-20,38-39H2,1-2H3. The van der Waals surface area contributed by atoms with Crippen LogP contribution in [0.4, 0.5) is 5.69 Å². The Balaban J connectivity index is 1.43. The third-order valence-corrected chi connectivity index (χ3v) is 7.72. The third kappa shape index (κ3) is 7.01. The van der Waals surface area contributed by atoms with E-state index in [1.165, 1.54) is 36.8 Å². The monoisotopic (exact) mass is 546 g/mol. The third-order valence-electron chi connectivity index (χ3n) is 7.72. The van der Waals surface area contributed by atoms with E-state index in [0.717, 1.165) is 76.7 Å². The largest absolute Gasteiger partial charge is 0.494 e. The Kier molecular flexibility index (Phi) is 9.43. The summed E-state index contributed by atoms with van der Waals surface area (Å²) in [7, 11) is 0. The number of benzene rings is 3. The predicted octanol–water partition coefficient (Wildman–Crippen LogP) is 8.70. The van der Waals surface area contributed by atoms with Gasteiger partial charge in [0.2, 0.25) is 0 Å². The summed E-state index contributed by atoms with van der Waals surface area (Å²) in [5, 5.41) is 0. The maximum atomic E-state index is 6.99. The molecule has 2 aliphatic rings. The average molecular weight is 547 g/mol. The smallest absolute Gasteiger partial charge is 0.119 e. The van der Waals surface area contributed by atoms with Crippen LogP contribution >= 0.6 is 0 Å². The summed E-state index contributed by atoms with van der Waals surface area (Å²) < 4.78 is 11.8. The molecular weight excluding hydrogens is 504 g/mol. The molecule has 212 valence electrons. The van der Waals surface area contributed by atoms with Gasteiger partial charge in [-0.05, 0) is 118 Å². The summed E-state index contributed by atoms with van der Waals surface area (Å²) in [6.07, 6.45) is 15.8. The minimum Gasteiger partial charge on any atom is -0.494 e. The van der Waals surface area contributed by atoms with E-state index in [4.69, 9.17) is 20.9 Å². The Labute approximate surface area is 245 Å². The summed E-state index contributed by atoms with van der Waals surface area (Å²) in [5.74, 6) is 1.80. The van der Waals surface area contributed by atoms with E-state index in [2.05, 4.69) is 68.5 Å². The molecule has 3 aromatic carbocycles. The lowest BCUT2D eigenvalue weighted by molar-refractivity contribution is 0.306. The van der Waals surface area contributed by atoms with Gasteiger partial charge >= 0.3 is 0 Å². The van der Waals surface area contributed by atoms with E-state index in [0.29, 0.717) is 0 Å². The molecule has 0 saturated heterocycles. The van der Waals surface area contributed by atoms with Crippen LogP contribution < -0.4 is 20.9 Å². The van der Waals surface area contributed by atoms with Gasteiger partial charge in [0.1, 0.15) is 11.5 Å². The molecule has 0 bridgehead atoms. The normalized spacial score (nSPS) is 17.7. The molecule has 4 heteroatoms. The van der Waals surface area contributed by atoms with Crippen LogP contribution in [0.3, 0.4) is 0 Å². The highest BCUT2D eigenvalue weighted by atomic mass is 16.5. The number of rotatable bonds is 12. The molecule has 0 saturated carbocycles. The summed E-state index contributed by atoms with van der Waals surface area (Å²) in [6, 6.07) is 22.4. The highest BCUT2D eigenvalue weighted by Crippen LogP contribution is 2.46. The van der Waals surface area contributed by atoms with Gasteiger partial charge in [0.15, 0.2) is 0 Å². The topological polar surface area (TPSA) is 70.5 Å². The lowest BCUT2D eigenvalue weighted by Gasteiger charge is -2.26. The zero-order chi connectivity index (χ0) is 28.6. The van der Waals surface area contributed by atoms with E-state index in [9.17, 15) is 0 Å². The van der Waals surface area contributed by atoms with Crippen molar-refractivity contribution in [1.82, 2.24) is 0 Å². The number of hydrogen-bond donors (Lipinski definition) is 2. The van der Waals surface area contributed by atoms with Crippen molar-refractivity contribution in [1.29, 1.82) is 0 Å². The molecule has 5 rings (SSSR count). The Morgan fingerprint density at radius 2 is 1.27 bits per heavy atom. The highest BCUT2D eigenvalue weighted by Gasteiger charge is 2.30. The molecule has 0 fully saturated rings. The van der Waals surface area contributed by atoms with Crippen molar-refractivity contribution in [3.8, 4) is 11.5 Å². The number of anilines is 1. The SMILES string of the molecule is CCCCCOc1ccc(C=C2C=C3C(=Cc4cc(N)ccc43)C(=Cc3ccc(OCCCCC)cc3)C2N)cc1. The number of hydrogen-bond acceptors (Lipinski definition) is 4. The van der Waals surface area contributed by atoms with Gasteiger partial charge < -0.3 is 20.9 Å². The fourth-order valence-corrected chi connectivity index (χ4v) is 5.40. The zero-order valence-corrected chi connectivity index (χ0v) is 24.4. The molecule has 0 amide bonds. The molecule has 0 aliphatic heterocycles. The lowest BCUT2D eigenvalue weighted by atomic mass is 9.81. The average Bonchev–Trinajstić information content (AvgIpc) is 3.34. The number of ether oxygens (including phenoxy) is 2. The lowest BCUT2D eigenvalue weighted by Crippen LogP contribution is -2.28. The van der Waals surface area contributed by atoms with E-state index in [1.54, 1.807) is 0 Å². The van der Waals surface area contributed by atoms with Gasteiger partial charge in [0.25, 0.3) is 0 Å². The summed E-state index contributed by atoms with van der Waals surface area (Å²) in [4.78, 5) is 0. The molecule has 41 heavy (non-hydrogen) atoms. The minimum atomic E-state index is -0.272. The number of nitrogens with two attached hydrogens (primary N) is 2. The van der Waals surface area contributed by atoms with Crippen molar-refractivity contribution >= 4 is 29.5 Å². The van der Waals surface area contributed by atoms with Gasteiger partial charge in [-0.25, -0.2) is 0 Å². The van der Waals surface area contributed by atoms with Gasteiger partial charge in [0, 0.05) is 5.69 Å². The molecule has 0 heterocycles. The van der Waals surface area contributed by atoms with Crippen molar-refractivity contribution < 1.29 is 9.47 Å². The number of fused-ring (bicyclic) bond motifs is 3. The molecule has 0 radical (unpaired) electrons. The fourth-order valence-electron chi connectivity index (χ4n) is 5.40. The molecule has 2 aliphatic carbocycles. The van der Waals surface area contributed by atoms with E-state index in [-0.39, 0.29) is 6.04 Å². The van der Waals surface area contributed by atoms with Gasteiger partial charge in [-0.15, -0.1) is 0 Å². The van der Waals surface area contributed by atoms with Gasteiger partial charge in [-0.2, -0.15) is 0 Å². The maximum Gasteiger partial charge on any atom is 0.119 e. The minimum absolute atomic E-state index is 0.272. The Morgan fingerprint density at radius 1 is 0.683 bits per heavy atom. The van der Waals surface area contributed by atoms with Crippen LogP contribution in [-0.2, 0) is 0 Å². The van der Waals surface area contributed by atoms with Crippen molar-refractivity contribution in [2.24, 2.45) is 5.73 Å². The van der Waals surface area contributed by atoms with Crippen molar-refractivity contribution in [3.63, 3.8) is 0 Å². The Hall–Kier alpha value is -4.02. The molecule has 1 unspecified atom stereocenters. The van der Waals surface area contributed by atoms with Crippen molar-refractivity contribution in [2.45, 2.75) is 58.4 Å². The van der Waals surface area contributed by atoms with Crippen LogP contribution in [0.25, 0.3) is 23.8 Å². The highest BCUT2D eigenvalue weighted by molar-refractivity contribution is 6.03. The van der Waals surface area contributed by atoms with Crippen LogP contribution in [0.15, 0.2) is 89.5 Å². The number of unbranched alkanes of at least 4 members (excludes halogenated alkanes) is 4. The molecule has 0 aromatic heterocycles. The summed E-state index contributed by atoms with van der Waals surface area (Å²) >= 11 is 0. The second kappa shape index (κ2) is 13.6. The Morgan fingerprint density at radius 3 is 1.85 bits per heavy atom. The maximum absolute atomic E-state index is 6.99. The van der Waals surface area contributed by atoms with E-state index < -0.39 is 0 Å². The molecule has 0 spiro atoms. The number of allylic oxidation sites excluding steroid dienone is 1. The fraction of sp³-hybridized carbons (Fsp3) is 0.297. The van der Waals surface area contributed by atoms with Crippen molar-refractivity contribution in [2.75, 3.05) is 18.9 Å². The first-order valence-electron chi connectivity index (χ1n) is 15.0.